The molecule has 3 atom stereocenters. The molecule has 0 aliphatic heterocycles. The van der Waals surface area contributed by atoms with Gasteiger partial charge in [-0.3, -0.25) is 28.8 Å². The number of anilines is 4. The summed E-state index contributed by atoms with van der Waals surface area (Å²) in [6.07, 6.45) is 0. The van der Waals surface area contributed by atoms with Gasteiger partial charge in [0.2, 0.25) is 12.1 Å². The van der Waals surface area contributed by atoms with Crippen LogP contribution >= 0.6 is 58.0 Å². The van der Waals surface area contributed by atoms with Crippen LogP contribution in [0.2, 0.25) is 10.0 Å². The van der Waals surface area contributed by atoms with Gasteiger partial charge in [0.1, 0.15) is 11.5 Å². The quantitative estimate of drug-likeness (QED) is 0.0314. The van der Waals surface area contributed by atoms with E-state index in [0.29, 0.717) is 52.8 Å². The second-order valence-electron chi connectivity index (χ2n) is 14.8. The number of azo groups is 2. The maximum Gasteiger partial charge on any atom is 0.258 e. The Morgan fingerprint density at radius 3 is 1.43 bits per heavy atom. The van der Waals surface area contributed by atoms with E-state index in [1.54, 1.807) is 43.3 Å². The van der Waals surface area contributed by atoms with Gasteiger partial charge in [-0.2, -0.15) is 20.5 Å². The Labute approximate surface area is 422 Å². The first kappa shape index (κ1) is 53.5. The van der Waals surface area contributed by atoms with E-state index in [9.17, 15) is 28.8 Å². The Hall–Kier alpha value is -6.43. The number of Topliss-reactive ketones (excluding diaryl/α,β-unsaturated/α-hetero) is 2. The van der Waals surface area contributed by atoms with E-state index >= 15 is 0 Å². The molecule has 5 aromatic carbocycles. The standard InChI is InChI=1S/C48H45Cl5N8O8/c1-6-68-41-12-8-10-38(34(41)23-49)55-45(64)32-21-29(14-17-36(32)52)58-60-43(26(4)62)47(66)54-28-16-19-40(31(20-28)25(3)51)57-48(67)44(27(5)63)61-59-30-15-18-37(53)33(22-30)46(65)56-39-11-9-13-42(69-7-2)35(39)24-50/h8-22,25,43-44H,6-7,23-24H2,1-5H3,(H,54,66)(H,55,64)(H,56,65)(H,57,67). The number of amides is 4. The van der Waals surface area contributed by atoms with Crippen LogP contribution in [-0.2, 0) is 30.9 Å². The van der Waals surface area contributed by atoms with Crippen molar-refractivity contribution in [2.45, 2.75) is 63.8 Å². The van der Waals surface area contributed by atoms with Crippen LogP contribution in [0, 0.1) is 0 Å². The lowest BCUT2D eigenvalue weighted by atomic mass is 10.1. The molecule has 0 radical (unpaired) electrons. The SMILES string of the molecule is CCOc1cccc(NC(=O)c2cc(N=NC(C(C)=O)C(=O)Nc3ccc(NC(=O)C(N=Nc4ccc(Cl)c(C(=O)Nc5cccc(OCC)c5CCl)c4)C(C)=O)c(C(C)Cl)c3)ccc2Cl)c1CCl. The van der Waals surface area contributed by atoms with Crippen molar-refractivity contribution in [2.75, 3.05) is 34.5 Å². The van der Waals surface area contributed by atoms with Gasteiger partial charge in [-0.05, 0) is 119 Å². The number of hydrogen-bond acceptors (Lipinski definition) is 12. The van der Waals surface area contributed by atoms with Crippen molar-refractivity contribution in [3.63, 3.8) is 0 Å². The smallest absolute Gasteiger partial charge is 0.258 e. The molecular formula is C48H45Cl5N8O8. The van der Waals surface area contributed by atoms with Gasteiger partial charge in [-0.25, -0.2) is 0 Å². The third-order valence-corrected chi connectivity index (χ3v) is 11.3. The van der Waals surface area contributed by atoms with Crippen molar-refractivity contribution in [3.8, 4) is 11.5 Å². The van der Waals surface area contributed by atoms with Crippen LogP contribution in [0.5, 0.6) is 11.5 Å². The topological polar surface area (TPSA) is 218 Å². The second-order valence-corrected chi connectivity index (χ2v) is 16.8. The minimum atomic E-state index is -1.63. The minimum absolute atomic E-state index is 0.0325. The summed E-state index contributed by atoms with van der Waals surface area (Å²) in [5.74, 6) is -3.00. The third kappa shape index (κ3) is 14.1. The molecule has 5 aromatic rings. The normalized spacial score (nSPS) is 12.5. The van der Waals surface area contributed by atoms with E-state index in [4.69, 9.17) is 67.5 Å². The van der Waals surface area contributed by atoms with Crippen LogP contribution in [0.3, 0.4) is 0 Å². The van der Waals surface area contributed by atoms with Crippen LogP contribution in [0.25, 0.3) is 0 Å². The summed E-state index contributed by atoms with van der Waals surface area (Å²) in [5.41, 5.74) is 2.97. The molecule has 21 heteroatoms. The molecule has 69 heavy (non-hydrogen) atoms. The second kappa shape index (κ2) is 25.3. The molecule has 0 aromatic heterocycles. The van der Waals surface area contributed by atoms with Gasteiger partial charge in [-0.15, -0.1) is 34.8 Å². The molecule has 3 unspecified atom stereocenters. The highest BCUT2D eigenvalue weighted by Gasteiger charge is 2.27. The maximum absolute atomic E-state index is 13.5. The average molecular weight is 1040 g/mol. The summed E-state index contributed by atoms with van der Waals surface area (Å²) in [6, 6.07) is 19.8. The summed E-state index contributed by atoms with van der Waals surface area (Å²) >= 11 is 31.6. The van der Waals surface area contributed by atoms with E-state index in [2.05, 4.69) is 41.7 Å². The van der Waals surface area contributed by atoms with Crippen molar-refractivity contribution in [1.29, 1.82) is 0 Å². The van der Waals surface area contributed by atoms with Gasteiger partial charge in [-0.1, -0.05) is 35.3 Å². The highest BCUT2D eigenvalue weighted by atomic mass is 35.5. The number of alkyl halides is 3. The molecule has 0 aliphatic rings. The van der Waals surface area contributed by atoms with E-state index in [1.807, 2.05) is 13.8 Å². The maximum atomic E-state index is 13.5. The van der Waals surface area contributed by atoms with Gasteiger partial charge in [0.05, 0.1) is 62.9 Å². The van der Waals surface area contributed by atoms with E-state index < -0.39 is 52.7 Å². The summed E-state index contributed by atoms with van der Waals surface area (Å²) < 4.78 is 11.3. The number of ether oxygens (including phenoxy) is 2. The van der Waals surface area contributed by atoms with Gasteiger partial charge < -0.3 is 30.7 Å². The number of nitrogens with one attached hydrogen (secondary N) is 4. The monoisotopic (exact) mass is 1040 g/mol. The number of hydrogen-bond donors (Lipinski definition) is 4. The number of ketones is 2. The van der Waals surface area contributed by atoms with E-state index in [1.165, 1.54) is 54.6 Å². The summed E-state index contributed by atoms with van der Waals surface area (Å²) in [7, 11) is 0. The first-order valence-corrected chi connectivity index (χ1v) is 23.3. The molecule has 0 saturated heterocycles. The number of carbonyl (C=O) groups is 6. The van der Waals surface area contributed by atoms with Crippen molar-refractivity contribution in [1.82, 2.24) is 0 Å². The summed E-state index contributed by atoms with van der Waals surface area (Å²) in [4.78, 5) is 79.2. The Morgan fingerprint density at radius 2 is 1.03 bits per heavy atom. The molecule has 0 aliphatic carbocycles. The molecule has 0 heterocycles. The third-order valence-electron chi connectivity index (χ3n) is 9.87. The predicted octanol–water partition coefficient (Wildman–Crippen LogP) is 12.4. The Kier molecular flexibility index (Phi) is 19.6. The number of rotatable bonds is 21. The zero-order chi connectivity index (χ0) is 50.4. The lowest BCUT2D eigenvalue weighted by molar-refractivity contribution is -0.127. The fraction of sp³-hybridized carbons (Fsp3) is 0.250. The molecule has 4 amide bonds. The summed E-state index contributed by atoms with van der Waals surface area (Å²) in [5, 5.41) is 26.4. The molecule has 0 bridgehead atoms. The van der Waals surface area contributed by atoms with E-state index in [0.717, 1.165) is 13.8 Å². The van der Waals surface area contributed by atoms with Crippen molar-refractivity contribution >= 4 is 127 Å². The predicted molar refractivity (Wildman–Crippen MR) is 269 cm³/mol. The highest BCUT2D eigenvalue weighted by molar-refractivity contribution is 6.35. The number of nitrogens with zero attached hydrogens (tertiary/aromatic N) is 4. The van der Waals surface area contributed by atoms with Crippen LogP contribution in [0.1, 0.15) is 77.4 Å². The highest BCUT2D eigenvalue weighted by Crippen LogP contribution is 2.34. The summed E-state index contributed by atoms with van der Waals surface area (Å²) in [6.45, 7) is 8.37. The largest absolute Gasteiger partial charge is 0.493 e. The number of halogens is 5. The van der Waals surface area contributed by atoms with Crippen LogP contribution < -0.4 is 30.7 Å². The zero-order valence-electron chi connectivity index (χ0n) is 37.7. The Balaban J connectivity index is 1.28. The molecule has 0 spiro atoms. The Bertz CT molecular complexity index is 2820. The molecule has 16 nitrogen and oxygen atoms in total. The molecular weight excluding hydrogens is 994 g/mol. The molecule has 360 valence electrons. The lowest BCUT2D eigenvalue weighted by Crippen LogP contribution is -2.32. The van der Waals surface area contributed by atoms with Crippen LogP contribution in [0.4, 0.5) is 34.1 Å². The molecule has 4 N–H and O–H groups in total. The zero-order valence-corrected chi connectivity index (χ0v) is 41.4. The fourth-order valence-corrected chi connectivity index (χ4v) is 7.62. The first-order valence-electron chi connectivity index (χ1n) is 21.0. The molecule has 5 rings (SSSR count). The van der Waals surface area contributed by atoms with Gasteiger partial charge in [0.15, 0.2) is 11.6 Å². The lowest BCUT2D eigenvalue weighted by Gasteiger charge is -2.17. The van der Waals surface area contributed by atoms with Crippen molar-refractivity contribution < 1.29 is 38.2 Å². The Morgan fingerprint density at radius 1 is 0.580 bits per heavy atom. The molecule has 0 saturated carbocycles. The van der Waals surface area contributed by atoms with Crippen molar-refractivity contribution in [2.24, 2.45) is 20.5 Å². The fourth-order valence-electron chi connectivity index (χ4n) is 6.48. The number of carbonyl (C=O) groups excluding carboxylic acids is 6. The first-order chi connectivity index (χ1) is 33.0. The molecule has 0 fully saturated rings. The van der Waals surface area contributed by atoms with Crippen molar-refractivity contribution in [3.05, 3.63) is 129 Å². The van der Waals surface area contributed by atoms with Gasteiger partial charge >= 0.3 is 0 Å². The van der Waals surface area contributed by atoms with Gasteiger partial charge in [0, 0.05) is 33.9 Å². The van der Waals surface area contributed by atoms with Crippen LogP contribution in [0.15, 0.2) is 111 Å². The minimum Gasteiger partial charge on any atom is -0.493 e. The van der Waals surface area contributed by atoms with E-state index in [-0.39, 0.29) is 55.7 Å². The average Bonchev–Trinajstić information content (AvgIpc) is 3.30. The number of benzene rings is 5. The van der Waals surface area contributed by atoms with Crippen LogP contribution in [-0.4, -0.2) is 60.5 Å². The van der Waals surface area contributed by atoms with Gasteiger partial charge in [0.25, 0.3) is 23.6 Å².